The summed E-state index contributed by atoms with van der Waals surface area (Å²) in [6, 6.07) is 5.05. The minimum Gasteiger partial charge on any atom is -0.393 e. The molecule has 5 heteroatoms. The van der Waals surface area contributed by atoms with Crippen LogP contribution in [0.2, 0.25) is 0 Å². The first kappa shape index (κ1) is 11.9. The first-order valence-electron chi connectivity index (χ1n) is 5.89. The number of nitrogens with zero attached hydrogens (tertiary/aromatic N) is 1. The zero-order valence-corrected chi connectivity index (χ0v) is 9.60. The molecule has 1 aromatic heterocycles. The Hall–Kier alpha value is -1.62. The van der Waals surface area contributed by atoms with Gasteiger partial charge in [-0.15, -0.1) is 0 Å². The van der Waals surface area contributed by atoms with Gasteiger partial charge in [-0.05, 0) is 25.0 Å². The fourth-order valence-electron chi connectivity index (χ4n) is 2.08. The summed E-state index contributed by atoms with van der Waals surface area (Å²) in [4.78, 5) is 15.5. The molecule has 1 aliphatic carbocycles. The van der Waals surface area contributed by atoms with Crippen molar-refractivity contribution in [2.75, 3.05) is 11.9 Å². The maximum absolute atomic E-state index is 11.5. The molecule has 5 nitrogen and oxygen atoms in total. The van der Waals surface area contributed by atoms with Crippen LogP contribution in [0.1, 0.15) is 19.3 Å². The number of aliphatic hydroxyl groups excluding tert-OH is 1. The van der Waals surface area contributed by atoms with Gasteiger partial charge in [-0.25, -0.2) is 9.78 Å². The van der Waals surface area contributed by atoms with E-state index in [0.717, 1.165) is 19.3 Å². The topological polar surface area (TPSA) is 74.2 Å². The Bertz CT molecular complexity index is 369. The second-order valence-electron chi connectivity index (χ2n) is 4.31. The van der Waals surface area contributed by atoms with E-state index in [0.29, 0.717) is 12.4 Å². The number of anilines is 1. The van der Waals surface area contributed by atoms with Crippen LogP contribution in [-0.2, 0) is 0 Å². The van der Waals surface area contributed by atoms with E-state index >= 15 is 0 Å². The number of rotatable bonds is 3. The van der Waals surface area contributed by atoms with Gasteiger partial charge in [0.05, 0.1) is 6.10 Å². The van der Waals surface area contributed by atoms with Gasteiger partial charge >= 0.3 is 6.03 Å². The Morgan fingerprint density at radius 2 is 2.35 bits per heavy atom. The van der Waals surface area contributed by atoms with E-state index in [9.17, 15) is 9.90 Å². The molecule has 1 aliphatic rings. The summed E-state index contributed by atoms with van der Waals surface area (Å²) in [5.41, 5.74) is 0. The van der Waals surface area contributed by atoms with Gasteiger partial charge in [-0.2, -0.15) is 0 Å². The predicted molar refractivity (Wildman–Crippen MR) is 64.6 cm³/mol. The van der Waals surface area contributed by atoms with Crippen molar-refractivity contribution in [1.82, 2.24) is 10.3 Å². The Morgan fingerprint density at radius 1 is 1.47 bits per heavy atom. The lowest BCUT2D eigenvalue weighted by atomic mass is 10.1. The summed E-state index contributed by atoms with van der Waals surface area (Å²) in [5, 5.41) is 15.0. The molecule has 0 radical (unpaired) electrons. The summed E-state index contributed by atoms with van der Waals surface area (Å²) < 4.78 is 0. The number of aromatic nitrogens is 1. The van der Waals surface area contributed by atoms with Crippen LogP contribution in [0.25, 0.3) is 0 Å². The van der Waals surface area contributed by atoms with Crippen LogP contribution in [0.4, 0.5) is 10.6 Å². The molecule has 0 aromatic carbocycles. The Kier molecular flexibility index (Phi) is 3.93. The molecule has 1 fully saturated rings. The van der Waals surface area contributed by atoms with E-state index in [4.69, 9.17) is 0 Å². The summed E-state index contributed by atoms with van der Waals surface area (Å²) >= 11 is 0. The number of aliphatic hydroxyl groups is 1. The Balaban J connectivity index is 1.74. The monoisotopic (exact) mass is 235 g/mol. The molecule has 1 aromatic rings. The fourth-order valence-corrected chi connectivity index (χ4v) is 2.08. The number of pyridine rings is 1. The number of amides is 2. The molecule has 0 unspecified atom stereocenters. The smallest absolute Gasteiger partial charge is 0.320 e. The third-order valence-corrected chi connectivity index (χ3v) is 3.05. The average molecular weight is 235 g/mol. The number of urea groups is 1. The SMILES string of the molecule is O=C(NC[C@H]1CCC[C@H]1O)Nc1ccccn1. The van der Waals surface area contributed by atoms with Crippen molar-refractivity contribution in [3.63, 3.8) is 0 Å². The van der Waals surface area contributed by atoms with Gasteiger partial charge in [0.2, 0.25) is 0 Å². The number of nitrogens with one attached hydrogen (secondary N) is 2. The van der Waals surface area contributed by atoms with E-state index in [1.54, 1.807) is 18.3 Å². The highest BCUT2D eigenvalue weighted by Gasteiger charge is 2.25. The van der Waals surface area contributed by atoms with E-state index in [-0.39, 0.29) is 18.1 Å². The van der Waals surface area contributed by atoms with Crippen molar-refractivity contribution in [3.05, 3.63) is 24.4 Å². The molecule has 0 aliphatic heterocycles. The number of carbonyl (C=O) groups excluding carboxylic acids is 1. The highest BCUT2D eigenvalue weighted by molar-refractivity contribution is 5.88. The van der Waals surface area contributed by atoms with Crippen molar-refractivity contribution < 1.29 is 9.90 Å². The lowest BCUT2D eigenvalue weighted by molar-refractivity contribution is 0.133. The minimum atomic E-state index is -0.275. The lowest BCUT2D eigenvalue weighted by Gasteiger charge is -2.15. The van der Waals surface area contributed by atoms with Crippen molar-refractivity contribution >= 4 is 11.8 Å². The second kappa shape index (κ2) is 5.63. The first-order chi connectivity index (χ1) is 8.25. The zero-order chi connectivity index (χ0) is 12.1. The van der Waals surface area contributed by atoms with E-state index in [2.05, 4.69) is 15.6 Å². The van der Waals surface area contributed by atoms with E-state index < -0.39 is 0 Å². The van der Waals surface area contributed by atoms with Crippen LogP contribution >= 0.6 is 0 Å². The largest absolute Gasteiger partial charge is 0.393 e. The minimum absolute atomic E-state index is 0.185. The molecule has 1 saturated carbocycles. The maximum Gasteiger partial charge on any atom is 0.320 e. The molecule has 2 atom stereocenters. The summed E-state index contributed by atoms with van der Waals surface area (Å²) in [7, 11) is 0. The average Bonchev–Trinajstić information content (AvgIpc) is 2.74. The van der Waals surface area contributed by atoms with Gasteiger partial charge in [-0.1, -0.05) is 12.5 Å². The summed E-state index contributed by atoms with van der Waals surface area (Å²) in [6.45, 7) is 0.514. The third-order valence-electron chi connectivity index (χ3n) is 3.05. The lowest BCUT2D eigenvalue weighted by Crippen LogP contribution is -2.35. The molecule has 0 spiro atoms. The van der Waals surface area contributed by atoms with Crippen LogP contribution in [0.15, 0.2) is 24.4 Å². The van der Waals surface area contributed by atoms with Crippen LogP contribution in [0.3, 0.4) is 0 Å². The number of hydrogen-bond donors (Lipinski definition) is 3. The molecule has 1 heterocycles. The van der Waals surface area contributed by atoms with Gasteiger partial charge in [0.15, 0.2) is 0 Å². The van der Waals surface area contributed by atoms with Gasteiger partial charge in [-0.3, -0.25) is 5.32 Å². The zero-order valence-electron chi connectivity index (χ0n) is 9.60. The van der Waals surface area contributed by atoms with Crippen molar-refractivity contribution in [2.45, 2.75) is 25.4 Å². The predicted octanol–water partition coefficient (Wildman–Crippen LogP) is 1.36. The van der Waals surface area contributed by atoms with Crippen molar-refractivity contribution in [2.24, 2.45) is 5.92 Å². The molecule has 2 amide bonds. The van der Waals surface area contributed by atoms with Crippen molar-refractivity contribution in [1.29, 1.82) is 0 Å². The van der Waals surface area contributed by atoms with Gasteiger partial charge in [0.1, 0.15) is 5.82 Å². The quantitative estimate of drug-likeness (QED) is 0.740. The molecule has 17 heavy (non-hydrogen) atoms. The first-order valence-corrected chi connectivity index (χ1v) is 5.89. The molecule has 92 valence electrons. The van der Waals surface area contributed by atoms with Crippen LogP contribution < -0.4 is 10.6 Å². The molecule has 0 saturated heterocycles. The molecular weight excluding hydrogens is 218 g/mol. The normalized spacial score (nSPS) is 23.4. The molecular formula is C12H17N3O2. The molecule has 0 bridgehead atoms. The van der Waals surface area contributed by atoms with Gasteiger partial charge in [0, 0.05) is 18.7 Å². The Morgan fingerprint density at radius 3 is 3.00 bits per heavy atom. The highest BCUT2D eigenvalue weighted by Crippen LogP contribution is 2.24. The molecule has 2 rings (SSSR count). The van der Waals surface area contributed by atoms with Crippen LogP contribution in [0, 0.1) is 5.92 Å². The van der Waals surface area contributed by atoms with Gasteiger partial charge < -0.3 is 10.4 Å². The summed E-state index contributed by atoms with van der Waals surface area (Å²) in [5.74, 6) is 0.710. The van der Waals surface area contributed by atoms with Crippen molar-refractivity contribution in [3.8, 4) is 0 Å². The van der Waals surface area contributed by atoms with Crippen LogP contribution in [-0.4, -0.2) is 28.8 Å². The second-order valence-corrected chi connectivity index (χ2v) is 4.31. The fraction of sp³-hybridized carbons (Fsp3) is 0.500. The maximum atomic E-state index is 11.5. The highest BCUT2D eigenvalue weighted by atomic mass is 16.3. The summed E-state index contributed by atoms with van der Waals surface area (Å²) in [6.07, 6.45) is 4.20. The van der Waals surface area contributed by atoms with E-state index in [1.165, 1.54) is 0 Å². The standard InChI is InChI=1S/C12H17N3O2/c16-10-5-3-4-9(10)8-14-12(17)15-11-6-1-2-7-13-11/h1-2,6-7,9-10,16H,3-5,8H2,(H2,13,14,15,17)/t9-,10-/m1/s1. The Labute approximate surface area is 100 Å². The number of carbonyl (C=O) groups is 1. The third kappa shape index (κ3) is 3.42. The number of hydrogen-bond acceptors (Lipinski definition) is 3. The van der Waals surface area contributed by atoms with Gasteiger partial charge in [0.25, 0.3) is 0 Å². The van der Waals surface area contributed by atoms with Crippen LogP contribution in [0.5, 0.6) is 0 Å². The van der Waals surface area contributed by atoms with E-state index in [1.807, 2.05) is 6.07 Å². The molecule has 3 N–H and O–H groups in total.